The van der Waals surface area contributed by atoms with Crippen molar-refractivity contribution in [3.05, 3.63) is 29.0 Å². The van der Waals surface area contributed by atoms with Crippen molar-refractivity contribution in [2.45, 2.75) is 32.3 Å². The van der Waals surface area contributed by atoms with E-state index in [1.807, 2.05) is 13.8 Å². The maximum Gasteiger partial charge on any atom is 0.258 e. The maximum atomic E-state index is 5.98. The molecule has 1 aromatic heterocycles. The standard InChI is InChI=1S/C14H18ClN3O2/c1-4-14(5-2,19-3)13-17-12(20-18-13)9-6-10(15)8-11(16)7-9/h6-8H,4-5,16H2,1-3H3. The average Bonchev–Trinajstić information content (AvgIpc) is 2.91. The largest absolute Gasteiger partial charge is 0.399 e. The van der Waals surface area contributed by atoms with Crippen LogP contribution in [0.4, 0.5) is 5.69 Å². The van der Waals surface area contributed by atoms with Gasteiger partial charge in [-0.05, 0) is 31.0 Å². The minimum Gasteiger partial charge on any atom is -0.399 e. The number of rotatable bonds is 5. The van der Waals surface area contributed by atoms with Crippen molar-refractivity contribution in [3.8, 4) is 11.5 Å². The Kier molecular flexibility index (Phi) is 4.30. The van der Waals surface area contributed by atoms with E-state index in [0.717, 1.165) is 12.8 Å². The average molecular weight is 296 g/mol. The number of hydrogen-bond donors (Lipinski definition) is 1. The van der Waals surface area contributed by atoms with Gasteiger partial charge in [-0.3, -0.25) is 0 Å². The molecule has 0 unspecified atom stereocenters. The summed E-state index contributed by atoms with van der Waals surface area (Å²) in [6.07, 6.45) is 1.52. The Hall–Kier alpha value is -1.59. The number of halogens is 1. The molecule has 0 spiro atoms. The van der Waals surface area contributed by atoms with Gasteiger partial charge in [0.1, 0.15) is 5.60 Å². The van der Waals surface area contributed by atoms with Crippen molar-refractivity contribution in [2.75, 3.05) is 12.8 Å². The lowest BCUT2D eigenvalue weighted by Crippen LogP contribution is -2.28. The Labute approximate surface area is 123 Å². The molecular formula is C14H18ClN3O2. The van der Waals surface area contributed by atoms with Gasteiger partial charge in [-0.25, -0.2) is 0 Å². The van der Waals surface area contributed by atoms with Crippen molar-refractivity contribution < 1.29 is 9.26 Å². The van der Waals surface area contributed by atoms with E-state index >= 15 is 0 Å². The van der Waals surface area contributed by atoms with Gasteiger partial charge in [-0.2, -0.15) is 4.98 Å². The molecule has 20 heavy (non-hydrogen) atoms. The molecule has 2 aromatic rings. The van der Waals surface area contributed by atoms with Gasteiger partial charge in [-0.15, -0.1) is 0 Å². The molecule has 0 atom stereocenters. The summed E-state index contributed by atoms with van der Waals surface area (Å²) in [6, 6.07) is 5.15. The van der Waals surface area contributed by atoms with Crippen LogP contribution in [0.1, 0.15) is 32.5 Å². The van der Waals surface area contributed by atoms with Crippen molar-refractivity contribution in [3.63, 3.8) is 0 Å². The van der Waals surface area contributed by atoms with E-state index in [1.54, 1.807) is 25.3 Å². The fraction of sp³-hybridized carbons (Fsp3) is 0.429. The zero-order valence-corrected chi connectivity index (χ0v) is 12.6. The molecule has 0 aliphatic rings. The third kappa shape index (κ3) is 2.64. The second kappa shape index (κ2) is 5.81. The minimum atomic E-state index is -0.522. The molecule has 0 aliphatic carbocycles. The first-order chi connectivity index (χ1) is 9.54. The van der Waals surface area contributed by atoms with Crippen molar-refractivity contribution >= 4 is 17.3 Å². The summed E-state index contributed by atoms with van der Waals surface area (Å²) in [6.45, 7) is 4.06. The monoisotopic (exact) mass is 295 g/mol. The second-order valence-electron chi connectivity index (χ2n) is 4.60. The lowest BCUT2D eigenvalue weighted by Gasteiger charge is -2.25. The highest BCUT2D eigenvalue weighted by Gasteiger charge is 2.33. The summed E-state index contributed by atoms with van der Waals surface area (Å²) in [4.78, 5) is 4.43. The van der Waals surface area contributed by atoms with Gasteiger partial charge in [0.15, 0.2) is 0 Å². The summed E-state index contributed by atoms with van der Waals surface area (Å²) in [5.74, 6) is 0.927. The first-order valence-electron chi connectivity index (χ1n) is 6.50. The van der Waals surface area contributed by atoms with Crippen LogP contribution < -0.4 is 5.73 Å². The van der Waals surface area contributed by atoms with E-state index in [9.17, 15) is 0 Å². The fourth-order valence-electron chi connectivity index (χ4n) is 2.21. The molecule has 6 heteroatoms. The predicted molar refractivity (Wildman–Crippen MR) is 78.4 cm³/mol. The quantitative estimate of drug-likeness (QED) is 0.853. The number of methoxy groups -OCH3 is 1. The molecule has 0 bridgehead atoms. The lowest BCUT2D eigenvalue weighted by molar-refractivity contribution is -0.0306. The van der Waals surface area contributed by atoms with Gasteiger partial charge < -0.3 is 15.0 Å². The summed E-state index contributed by atoms with van der Waals surface area (Å²) < 4.78 is 10.9. The van der Waals surface area contributed by atoms with Crippen molar-refractivity contribution in [1.82, 2.24) is 10.1 Å². The van der Waals surface area contributed by atoms with E-state index in [-0.39, 0.29) is 0 Å². The Morgan fingerprint density at radius 2 is 2.00 bits per heavy atom. The van der Waals surface area contributed by atoms with E-state index < -0.39 is 5.60 Å². The van der Waals surface area contributed by atoms with Crippen LogP contribution in [-0.4, -0.2) is 17.3 Å². The molecule has 2 rings (SSSR count). The molecule has 1 heterocycles. The number of anilines is 1. The summed E-state index contributed by atoms with van der Waals surface area (Å²) in [5.41, 5.74) is 6.50. The molecule has 0 radical (unpaired) electrons. The van der Waals surface area contributed by atoms with Crippen molar-refractivity contribution in [2.24, 2.45) is 0 Å². The molecule has 108 valence electrons. The smallest absolute Gasteiger partial charge is 0.258 e. The molecular weight excluding hydrogens is 278 g/mol. The maximum absolute atomic E-state index is 5.98. The van der Waals surface area contributed by atoms with Crippen LogP contribution in [0.3, 0.4) is 0 Å². The van der Waals surface area contributed by atoms with Gasteiger partial charge in [0.2, 0.25) is 5.82 Å². The summed E-state index contributed by atoms with van der Waals surface area (Å²) in [5, 5.41) is 4.57. The topological polar surface area (TPSA) is 74.2 Å². The SMILES string of the molecule is CCC(CC)(OC)c1noc(-c2cc(N)cc(Cl)c2)n1. The predicted octanol–water partition coefficient (Wildman–Crippen LogP) is 3.63. The normalized spacial score (nSPS) is 11.8. The van der Waals surface area contributed by atoms with Gasteiger partial charge in [0.05, 0.1) is 0 Å². The zero-order chi connectivity index (χ0) is 14.8. The number of nitrogens with zero attached hydrogens (tertiary/aromatic N) is 2. The number of ether oxygens (including phenoxy) is 1. The van der Waals surface area contributed by atoms with Crippen LogP contribution in [0.15, 0.2) is 22.7 Å². The van der Waals surface area contributed by atoms with Gasteiger partial charge in [0, 0.05) is 23.4 Å². The molecule has 0 saturated heterocycles. The highest BCUT2D eigenvalue weighted by atomic mass is 35.5. The van der Waals surface area contributed by atoms with Gasteiger partial charge in [-0.1, -0.05) is 30.6 Å². The molecule has 5 nitrogen and oxygen atoms in total. The Morgan fingerprint density at radius 1 is 1.30 bits per heavy atom. The Balaban J connectivity index is 2.42. The molecule has 0 fully saturated rings. The zero-order valence-electron chi connectivity index (χ0n) is 11.8. The summed E-state index contributed by atoms with van der Waals surface area (Å²) >= 11 is 5.98. The van der Waals surface area contributed by atoms with E-state index in [2.05, 4.69) is 10.1 Å². The third-order valence-electron chi connectivity index (χ3n) is 3.53. The molecule has 0 saturated carbocycles. The Bertz CT molecular complexity index is 565. The van der Waals surface area contributed by atoms with Gasteiger partial charge in [0.25, 0.3) is 5.89 Å². The second-order valence-corrected chi connectivity index (χ2v) is 5.04. The van der Waals surface area contributed by atoms with Crippen LogP contribution in [0.2, 0.25) is 5.02 Å². The highest BCUT2D eigenvalue weighted by molar-refractivity contribution is 6.31. The van der Waals surface area contributed by atoms with Crippen LogP contribution in [0, 0.1) is 0 Å². The molecule has 0 amide bonds. The van der Waals surface area contributed by atoms with Gasteiger partial charge >= 0.3 is 0 Å². The molecule has 1 aromatic carbocycles. The summed E-state index contributed by atoms with van der Waals surface area (Å²) in [7, 11) is 1.65. The third-order valence-corrected chi connectivity index (χ3v) is 3.75. The van der Waals surface area contributed by atoms with Crippen LogP contribution in [-0.2, 0) is 10.3 Å². The van der Waals surface area contributed by atoms with E-state index in [4.69, 9.17) is 26.6 Å². The van der Waals surface area contributed by atoms with E-state index in [0.29, 0.717) is 28.0 Å². The number of nitrogen functional groups attached to an aromatic ring is 1. The first-order valence-corrected chi connectivity index (χ1v) is 6.88. The highest BCUT2D eigenvalue weighted by Crippen LogP contribution is 2.32. The van der Waals surface area contributed by atoms with Crippen LogP contribution in [0.5, 0.6) is 0 Å². The molecule has 2 N–H and O–H groups in total. The Morgan fingerprint density at radius 3 is 2.55 bits per heavy atom. The van der Waals surface area contributed by atoms with Crippen molar-refractivity contribution in [1.29, 1.82) is 0 Å². The number of aromatic nitrogens is 2. The number of benzene rings is 1. The minimum absolute atomic E-state index is 0.387. The first kappa shape index (κ1) is 14.8. The van der Waals surface area contributed by atoms with E-state index in [1.165, 1.54) is 0 Å². The number of nitrogens with two attached hydrogens (primary N) is 1. The van der Waals surface area contributed by atoms with Crippen LogP contribution >= 0.6 is 11.6 Å². The van der Waals surface area contributed by atoms with Crippen LogP contribution in [0.25, 0.3) is 11.5 Å². The molecule has 0 aliphatic heterocycles. The lowest BCUT2D eigenvalue weighted by atomic mass is 9.96. The number of hydrogen-bond acceptors (Lipinski definition) is 5. The fourth-order valence-corrected chi connectivity index (χ4v) is 2.45.